The number of hydrogen-bond donors (Lipinski definition) is 0. The molecule has 72 heavy (non-hydrogen) atoms. The van der Waals surface area contributed by atoms with Crippen molar-refractivity contribution in [2.75, 3.05) is 9.80 Å². The second kappa shape index (κ2) is 14.9. The number of nitrogens with zero attached hydrogens (tertiary/aromatic N) is 2. The van der Waals surface area contributed by atoms with Crippen molar-refractivity contribution in [2.24, 2.45) is 0 Å². The zero-order chi connectivity index (χ0) is 47.0. The summed E-state index contributed by atoms with van der Waals surface area (Å²) in [6.45, 7) is 0. The summed E-state index contributed by atoms with van der Waals surface area (Å²) < 4.78 is 26.3. The number of anilines is 6. The van der Waals surface area contributed by atoms with Gasteiger partial charge in [0.2, 0.25) is 0 Å². The Labute approximate surface area is 410 Å². The summed E-state index contributed by atoms with van der Waals surface area (Å²) in [7, 11) is 0. The van der Waals surface area contributed by atoms with Gasteiger partial charge in [-0.1, -0.05) is 84.9 Å². The Kier molecular flexibility index (Phi) is 8.07. The first-order chi connectivity index (χ1) is 35.6. The predicted molar refractivity (Wildman–Crippen MR) is 297 cm³/mol. The number of benzene rings is 12. The first kappa shape index (κ1) is 39.1. The van der Waals surface area contributed by atoms with Gasteiger partial charge in [-0.2, -0.15) is 0 Å². The number of furan rings is 4. The molecular formula is C66H38N2O4. The summed E-state index contributed by atoms with van der Waals surface area (Å²) in [6, 6.07) is 81.4. The van der Waals surface area contributed by atoms with Gasteiger partial charge >= 0.3 is 0 Å². The third-order valence-electron chi connectivity index (χ3n) is 14.7. The maximum absolute atomic E-state index is 6.77. The molecule has 6 nitrogen and oxygen atoms in total. The van der Waals surface area contributed by atoms with Gasteiger partial charge in [-0.05, 0) is 166 Å². The van der Waals surface area contributed by atoms with Crippen LogP contribution in [0.1, 0.15) is 0 Å². The van der Waals surface area contributed by atoms with Crippen LogP contribution in [0.4, 0.5) is 34.1 Å². The van der Waals surface area contributed by atoms with Crippen LogP contribution in [-0.4, -0.2) is 0 Å². The van der Waals surface area contributed by atoms with Crippen molar-refractivity contribution >= 4 is 154 Å². The molecule has 0 N–H and O–H groups in total. The van der Waals surface area contributed by atoms with Gasteiger partial charge in [-0.25, -0.2) is 0 Å². The summed E-state index contributed by atoms with van der Waals surface area (Å²) in [5.74, 6) is 0. The minimum atomic E-state index is 0.818. The third-order valence-corrected chi connectivity index (χ3v) is 14.7. The lowest BCUT2D eigenvalue weighted by atomic mass is 10.0. The maximum atomic E-state index is 6.77. The zero-order valence-corrected chi connectivity index (χ0v) is 38.5. The Morgan fingerprint density at radius 1 is 0.181 bits per heavy atom. The second-order valence-corrected chi connectivity index (χ2v) is 18.9. The highest BCUT2D eigenvalue weighted by Gasteiger charge is 2.21. The van der Waals surface area contributed by atoms with Crippen molar-refractivity contribution in [3.8, 4) is 0 Å². The lowest BCUT2D eigenvalue weighted by Crippen LogP contribution is -2.09. The minimum Gasteiger partial charge on any atom is -0.456 e. The Hall–Kier alpha value is -9.78. The molecule has 0 atom stereocenters. The van der Waals surface area contributed by atoms with Crippen molar-refractivity contribution in [3.05, 3.63) is 231 Å². The van der Waals surface area contributed by atoms with Gasteiger partial charge in [0.15, 0.2) is 0 Å². The first-order valence-electron chi connectivity index (χ1n) is 24.3. The van der Waals surface area contributed by atoms with E-state index in [2.05, 4.69) is 240 Å². The first-order valence-corrected chi connectivity index (χ1v) is 24.3. The van der Waals surface area contributed by atoms with E-state index >= 15 is 0 Å². The van der Waals surface area contributed by atoms with Crippen LogP contribution in [0.3, 0.4) is 0 Å². The summed E-state index contributed by atoms with van der Waals surface area (Å²) in [5.41, 5.74) is 12.9. The van der Waals surface area contributed by atoms with Gasteiger partial charge in [0.1, 0.15) is 44.7 Å². The lowest BCUT2D eigenvalue weighted by molar-refractivity contribution is 0.668. The van der Waals surface area contributed by atoms with Crippen molar-refractivity contribution in [2.45, 2.75) is 0 Å². The number of rotatable bonds is 6. The molecule has 4 aromatic heterocycles. The molecule has 0 bridgehead atoms. The van der Waals surface area contributed by atoms with Crippen LogP contribution >= 0.6 is 0 Å². The molecule has 0 saturated carbocycles. The molecule has 0 saturated heterocycles. The van der Waals surface area contributed by atoms with E-state index in [1.165, 1.54) is 10.8 Å². The molecule has 12 aromatic carbocycles. The number of fused-ring (bicyclic) bond motifs is 15. The standard InChI is InChI=1S/C66H38N2O4/c1-3-15-45(16-4-1)67(47-21-25-59-57(35-47)55-27-39-11-7-9-13-41(39)31-61(55)69-59)49-19-23-51-53-29-43-34-64-54(30-44(43)33-63(53)71-65(51)37-49)52-24-20-50(38-66(52)72-64)68(46-17-5-2-6-18-46)48-22-26-60-58(36-48)56-28-40-12-8-10-14-42(40)32-62(56)70-60/h1-38H. The smallest absolute Gasteiger partial charge is 0.137 e. The monoisotopic (exact) mass is 922 g/mol. The van der Waals surface area contributed by atoms with E-state index in [0.29, 0.717) is 0 Å². The molecule has 0 aliphatic carbocycles. The van der Waals surface area contributed by atoms with Gasteiger partial charge in [0.05, 0.1) is 0 Å². The fraction of sp³-hybridized carbons (Fsp3) is 0. The van der Waals surface area contributed by atoms with Crippen LogP contribution in [0.25, 0.3) is 120 Å². The minimum absolute atomic E-state index is 0.818. The van der Waals surface area contributed by atoms with Crippen LogP contribution in [0.5, 0.6) is 0 Å². The normalized spacial score (nSPS) is 12.2. The molecule has 0 radical (unpaired) electrons. The fourth-order valence-electron chi connectivity index (χ4n) is 11.3. The summed E-state index contributed by atoms with van der Waals surface area (Å²) in [6.07, 6.45) is 0. The molecule has 16 rings (SSSR count). The molecule has 0 unspecified atom stereocenters. The fourth-order valence-corrected chi connectivity index (χ4v) is 11.3. The van der Waals surface area contributed by atoms with Gasteiger partial charge in [-0.3, -0.25) is 0 Å². The Bertz CT molecular complexity index is 4580. The van der Waals surface area contributed by atoms with Crippen molar-refractivity contribution in [1.29, 1.82) is 0 Å². The second-order valence-electron chi connectivity index (χ2n) is 18.9. The van der Waals surface area contributed by atoms with Gasteiger partial charge in [0.25, 0.3) is 0 Å². The van der Waals surface area contributed by atoms with Crippen LogP contribution in [0.15, 0.2) is 248 Å². The quantitative estimate of drug-likeness (QED) is 0.166. The molecule has 0 aliphatic heterocycles. The highest BCUT2D eigenvalue weighted by atomic mass is 16.3. The topological polar surface area (TPSA) is 59.0 Å². The van der Waals surface area contributed by atoms with E-state index in [-0.39, 0.29) is 0 Å². The molecule has 336 valence electrons. The maximum Gasteiger partial charge on any atom is 0.137 e. The number of para-hydroxylation sites is 2. The molecule has 0 amide bonds. The third kappa shape index (κ3) is 5.96. The van der Waals surface area contributed by atoms with Crippen LogP contribution < -0.4 is 9.80 Å². The van der Waals surface area contributed by atoms with Crippen molar-refractivity contribution in [3.63, 3.8) is 0 Å². The van der Waals surface area contributed by atoms with E-state index in [1.807, 2.05) is 0 Å². The van der Waals surface area contributed by atoms with E-state index in [9.17, 15) is 0 Å². The average Bonchev–Trinajstić information content (AvgIpc) is 4.18. The van der Waals surface area contributed by atoms with Crippen molar-refractivity contribution < 1.29 is 17.7 Å². The largest absolute Gasteiger partial charge is 0.456 e. The predicted octanol–water partition coefficient (Wildman–Crippen LogP) is 19.7. The van der Waals surface area contributed by atoms with Gasteiger partial charge in [-0.15, -0.1) is 0 Å². The van der Waals surface area contributed by atoms with Crippen LogP contribution in [0.2, 0.25) is 0 Å². The van der Waals surface area contributed by atoms with Crippen molar-refractivity contribution in [1.82, 2.24) is 0 Å². The lowest BCUT2D eigenvalue weighted by Gasteiger charge is -2.25. The Balaban J connectivity index is 0.785. The highest BCUT2D eigenvalue weighted by molar-refractivity contribution is 6.17. The SMILES string of the molecule is c1ccc(N(c2ccc3c(c2)oc2cc4cc5c(cc4cc23)oc2cc(N(c3ccccc3)c3ccc4oc6cc7ccccc7cc6c4c3)ccc25)c2ccc3oc4cc5ccccc5cc4c3c2)cc1. The summed E-state index contributed by atoms with van der Waals surface area (Å²) in [4.78, 5) is 4.57. The van der Waals surface area contributed by atoms with E-state index in [4.69, 9.17) is 17.7 Å². The molecular weight excluding hydrogens is 885 g/mol. The molecule has 6 heteroatoms. The highest BCUT2D eigenvalue weighted by Crippen LogP contribution is 2.45. The van der Waals surface area contributed by atoms with Crippen LogP contribution in [-0.2, 0) is 0 Å². The Morgan fingerprint density at radius 3 is 0.903 bits per heavy atom. The molecule has 4 heterocycles. The Morgan fingerprint density at radius 2 is 0.472 bits per heavy atom. The molecule has 0 fully saturated rings. The van der Waals surface area contributed by atoms with E-state index < -0.39 is 0 Å². The zero-order valence-electron chi connectivity index (χ0n) is 38.5. The van der Waals surface area contributed by atoms with Gasteiger partial charge in [0, 0.05) is 89.3 Å². The van der Waals surface area contributed by atoms with E-state index in [1.54, 1.807) is 0 Å². The molecule has 16 aromatic rings. The van der Waals surface area contributed by atoms with E-state index in [0.717, 1.165) is 143 Å². The van der Waals surface area contributed by atoms with Crippen LogP contribution in [0, 0.1) is 0 Å². The number of hydrogen-bond acceptors (Lipinski definition) is 6. The molecule has 0 spiro atoms. The van der Waals surface area contributed by atoms with Gasteiger partial charge < -0.3 is 27.5 Å². The summed E-state index contributed by atoms with van der Waals surface area (Å²) in [5, 5.41) is 15.4. The molecule has 0 aliphatic rings. The summed E-state index contributed by atoms with van der Waals surface area (Å²) >= 11 is 0. The average molecular weight is 923 g/mol.